The van der Waals surface area contributed by atoms with Crippen LogP contribution < -0.4 is 5.73 Å². The Morgan fingerprint density at radius 2 is 2.06 bits per heavy atom. The van der Waals surface area contributed by atoms with Crippen LogP contribution in [0.3, 0.4) is 0 Å². The van der Waals surface area contributed by atoms with Crippen LogP contribution in [-0.2, 0) is 0 Å². The van der Waals surface area contributed by atoms with Gasteiger partial charge in [0.2, 0.25) is 0 Å². The highest BCUT2D eigenvalue weighted by Crippen LogP contribution is 2.19. The Balaban J connectivity index is 2.89. The molecule has 0 radical (unpaired) electrons. The lowest BCUT2D eigenvalue weighted by molar-refractivity contribution is 0.0741. The predicted molar refractivity (Wildman–Crippen MR) is 79.6 cm³/mol. The molecule has 0 saturated heterocycles. The molecule has 3 nitrogen and oxygen atoms in total. The monoisotopic (exact) mass is 312 g/mol. The lowest BCUT2D eigenvalue weighted by Crippen LogP contribution is -2.34. The topological polar surface area (TPSA) is 46.3 Å². The lowest BCUT2D eigenvalue weighted by Gasteiger charge is -2.24. The molecule has 0 spiro atoms. The normalized spacial score (nSPS) is 12.2. The van der Waals surface area contributed by atoms with Crippen LogP contribution in [0.4, 0.5) is 5.69 Å². The Morgan fingerprint density at radius 3 is 2.56 bits per heavy atom. The minimum atomic E-state index is 0.0470. The average molecular weight is 313 g/mol. The molecule has 1 atom stereocenters. The van der Waals surface area contributed by atoms with Crippen LogP contribution in [-0.4, -0.2) is 23.9 Å². The number of carbonyl (C=O) groups excluding carboxylic acids is 1. The molecule has 4 heteroatoms. The lowest BCUT2D eigenvalue weighted by atomic mass is 10.1. The second kappa shape index (κ2) is 6.78. The summed E-state index contributed by atoms with van der Waals surface area (Å²) in [5.74, 6) is 0.559. The van der Waals surface area contributed by atoms with Crippen LogP contribution in [0.1, 0.15) is 37.6 Å². The summed E-state index contributed by atoms with van der Waals surface area (Å²) in [6.45, 7) is 7.81. The molecule has 1 aromatic rings. The molecular weight excluding hydrogens is 292 g/mol. The van der Waals surface area contributed by atoms with Crippen molar-refractivity contribution in [2.45, 2.75) is 27.2 Å². The van der Waals surface area contributed by atoms with E-state index in [4.69, 9.17) is 5.73 Å². The van der Waals surface area contributed by atoms with E-state index in [0.29, 0.717) is 17.2 Å². The Bertz CT molecular complexity index is 400. The number of amides is 1. The first-order valence-corrected chi connectivity index (χ1v) is 7.12. The number of nitrogen functional groups attached to an aromatic ring is 1. The van der Waals surface area contributed by atoms with Gasteiger partial charge in [0, 0.05) is 28.8 Å². The summed E-state index contributed by atoms with van der Waals surface area (Å²) in [5.41, 5.74) is 7.01. The van der Waals surface area contributed by atoms with Gasteiger partial charge in [-0.05, 0) is 31.0 Å². The van der Waals surface area contributed by atoms with E-state index >= 15 is 0 Å². The number of hydrogen-bond acceptors (Lipinski definition) is 2. The number of hydrogen-bond donors (Lipinski definition) is 1. The number of nitrogens with two attached hydrogens (primary N) is 1. The fourth-order valence-electron chi connectivity index (χ4n) is 1.78. The van der Waals surface area contributed by atoms with E-state index in [2.05, 4.69) is 29.8 Å². The third kappa shape index (κ3) is 4.02. The van der Waals surface area contributed by atoms with E-state index in [9.17, 15) is 4.79 Å². The van der Waals surface area contributed by atoms with Crippen molar-refractivity contribution in [3.8, 4) is 0 Å². The summed E-state index contributed by atoms with van der Waals surface area (Å²) in [6, 6.07) is 5.34. The van der Waals surface area contributed by atoms with Crippen molar-refractivity contribution in [3.63, 3.8) is 0 Å². The van der Waals surface area contributed by atoms with Gasteiger partial charge in [-0.25, -0.2) is 0 Å². The van der Waals surface area contributed by atoms with Crippen LogP contribution in [0.15, 0.2) is 22.7 Å². The maximum atomic E-state index is 12.4. The summed E-state index contributed by atoms with van der Waals surface area (Å²) in [4.78, 5) is 14.3. The smallest absolute Gasteiger partial charge is 0.253 e. The highest BCUT2D eigenvalue weighted by Gasteiger charge is 2.16. The van der Waals surface area contributed by atoms with Crippen molar-refractivity contribution in [1.82, 2.24) is 4.90 Å². The Kier molecular flexibility index (Phi) is 5.66. The largest absolute Gasteiger partial charge is 0.399 e. The van der Waals surface area contributed by atoms with E-state index in [1.165, 1.54) is 0 Å². The number of nitrogens with zero attached hydrogens (tertiary/aromatic N) is 1. The van der Waals surface area contributed by atoms with Crippen LogP contribution >= 0.6 is 15.9 Å². The summed E-state index contributed by atoms with van der Waals surface area (Å²) in [7, 11) is 0. The molecule has 0 saturated carbocycles. The molecule has 1 amide bonds. The van der Waals surface area contributed by atoms with Gasteiger partial charge in [0.1, 0.15) is 0 Å². The van der Waals surface area contributed by atoms with Crippen molar-refractivity contribution in [2.24, 2.45) is 5.92 Å². The quantitative estimate of drug-likeness (QED) is 0.845. The Hall–Kier alpha value is -1.03. The second-order valence-corrected chi connectivity index (χ2v) is 5.55. The molecule has 0 fully saturated rings. The highest BCUT2D eigenvalue weighted by molar-refractivity contribution is 9.10. The van der Waals surface area contributed by atoms with Crippen LogP contribution in [0, 0.1) is 5.92 Å². The van der Waals surface area contributed by atoms with Crippen molar-refractivity contribution in [2.75, 3.05) is 18.8 Å². The van der Waals surface area contributed by atoms with Crippen LogP contribution in [0.2, 0.25) is 0 Å². The summed E-state index contributed by atoms with van der Waals surface area (Å²) >= 11 is 3.37. The molecule has 1 unspecified atom stereocenters. The van der Waals surface area contributed by atoms with Gasteiger partial charge >= 0.3 is 0 Å². The molecule has 0 heterocycles. The first kappa shape index (κ1) is 15.0. The first-order valence-electron chi connectivity index (χ1n) is 6.33. The molecule has 0 aromatic heterocycles. The Morgan fingerprint density at radius 1 is 1.39 bits per heavy atom. The fraction of sp³-hybridized carbons (Fsp3) is 0.500. The molecular formula is C14H21BrN2O. The first-order chi connectivity index (χ1) is 8.47. The van der Waals surface area contributed by atoms with Crippen LogP contribution in [0.5, 0.6) is 0 Å². The van der Waals surface area contributed by atoms with Gasteiger partial charge in [-0.1, -0.05) is 36.2 Å². The Labute approximate surface area is 117 Å². The third-order valence-corrected chi connectivity index (χ3v) is 3.52. The summed E-state index contributed by atoms with van der Waals surface area (Å²) in [5, 5.41) is 0. The zero-order valence-electron chi connectivity index (χ0n) is 11.2. The molecule has 0 bridgehead atoms. The molecule has 0 aliphatic carbocycles. The van der Waals surface area contributed by atoms with E-state index in [1.807, 2.05) is 17.9 Å². The molecule has 1 aromatic carbocycles. The zero-order chi connectivity index (χ0) is 13.7. The van der Waals surface area contributed by atoms with Crippen molar-refractivity contribution in [1.29, 1.82) is 0 Å². The average Bonchev–Trinajstić information content (AvgIpc) is 2.33. The second-order valence-electron chi connectivity index (χ2n) is 4.63. The molecule has 0 aliphatic rings. The maximum Gasteiger partial charge on any atom is 0.253 e. The third-order valence-electron chi connectivity index (χ3n) is 3.06. The van der Waals surface area contributed by atoms with E-state index in [1.54, 1.807) is 12.1 Å². The minimum Gasteiger partial charge on any atom is -0.399 e. The predicted octanol–water partition coefficient (Wildman–Crippen LogP) is 3.54. The number of benzene rings is 1. The van der Waals surface area contributed by atoms with E-state index in [0.717, 1.165) is 24.0 Å². The van der Waals surface area contributed by atoms with Gasteiger partial charge in [0.05, 0.1) is 0 Å². The molecule has 2 N–H and O–H groups in total. The van der Waals surface area contributed by atoms with E-state index in [-0.39, 0.29) is 5.91 Å². The summed E-state index contributed by atoms with van der Waals surface area (Å²) < 4.78 is 0.838. The fourth-order valence-corrected chi connectivity index (χ4v) is 2.29. The molecule has 100 valence electrons. The summed E-state index contributed by atoms with van der Waals surface area (Å²) in [6.07, 6.45) is 1.07. The van der Waals surface area contributed by atoms with Crippen molar-refractivity contribution < 1.29 is 4.79 Å². The number of halogens is 1. The SMILES string of the molecule is CCC(C)CN(CC)C(=O)c1cc(N)cc(Br)c1. The standard InChI is InChI=1S/C14H21BrN2O/c1-4-10(3)9-17(5-2)14(18)11-6-12(15)8-13(16)7-11/h6-8,10H,4-5,9,16H2,1-3H3. The van der Waals surface area contributed by atoms with Crippen molar-refractivity contribution in [3.05, 3.63) is 28.2 Å². The van der Waals surface area contributed by atoms with Gasteiger partial charge in [0.25, 0.3) is 5.91 Å². The van der Waals surface area contributed by atoms with Crippen LogP contribution in [0.25, 0.3) is 0 Å². The van der Waals surface area contributed by atoms with Gasteiger partial charge in [-0.3, -0.25) is 4.79 Å². The van der Waals surface area contributed by atoms with Gasteiger partial charge in [0.15, 0.2) is 0 Å². The minimum absolute atomic E-state index is 0.0470. The maximum absolute atomic E-state index is 12.4. The number of anilines is 1. The molecule has 0 aliphatic heterocycles. The number of carbonyl (C=O) groups is 1. The zero-order valence-corrected chi connectivity index (χ0v) is 12.8. The van der Waals surface area contributed by atoms with E-state index < -0.39 is 0 Å². The van der Waals surface area contributed by atoms with Crippen molar-refractivity contribution >= 4 is 27.5 Å². The van der Waals surface area contributed by atoms with Gasteiger partial charge < -0.3 is 10.6 Å². The van der Waals surface area contributed by atoms with Gasteiger partial charge in [-0.2, -0.15) is 0 Å². The molecule has 1 rings (SSSR count). The highest BCUT2D eigenvalue weighted by atomic mass is 79.9. The molecule has 18 heavy (non-hydrogen) atoms. The van der Waals surface area contributed by atoms with Gasteiger partial charge in [-0.15, -0.1) is 0 Å². The number of rotatable bonds is 5.